The third-order valence-corrected chi connectivity index (χ3v) is 5.10. The van der Waals surface area contributed by atoms with Gasteiger partial charge in [0.15, 0.2) is 0 Å². The first-order chi connectivity index (χ1) is 9.60. The Hall–Kier alpha value is -0.810. The Morgan fingerprint density at radius 3 is 2.52 bits per heavy atom. The Morgan fingerprint density at radius 1 is 1.38 bits per heavy atom. The molecule has 0 aromatic carbocycles. The van der Waals surface area contributed by atoms with E-state index in [-0.39, 0.29) is 5.41 Å². The van der Waals surface area contributed by atoms with Crippen LogP contribution in [0, 0.1) is 11.3 Å². The Morgan fingerprint density at radius 2 is 2.05 bits per heavy atom. The van der Waals surface area contributed by atoms with Gasteiger partial charge in [0.05, 0.1) is 12.1 Å². The van der Waals surface area contributed by atoms with Gasteiger partial charge in [-0.1, -0.05) is 20.8 Å². The molecule has 122 valence electrons. The number of ether oxygens (including phenoxy) is 2. The van der Waals surface area contributed by atoms with Gasteiger partial charge >= 0.3 is 6.09 Å². The van der Waals surface area contributed by atoms with E-state index < -0.39 is 17.4 Å². The molecule has 0 unspecified atom stereocenters. The highest BCUT2D eigenvalue weighted by atomic mass is 16.5. The zero-order valence-corrected chi connectivity index (χ0v) is 13.9. The molecule has 5 nitrogen and oxygen atoms in total. The van der Waals surface area contributed by atoms with Gasteiger partial charge in [-0.2, -0.15) is 0 Å². The van der Waals surface area contributed by atoms with Crippen LogP contribution in [0.25, 0.3) is 0 Å². The Labute approximate surface area is 127 Å². The van der Waals surface area contributed by atoms with Gasteiger partial charge in [-0.15, -0.1) is 0 Å². The van der Waals surface area contributed by atoms with Gasteiger partial charge in [0.1, 0.15) is 5.72 Å². The van der Waals surface area contributed by atoms with E-state index in [4.69, 9.17) is 9.47 Å². The van der Waals surface area contributed by atoms with E-state index in [1.54, 1.807) is 4.90 Å². The lowest BCUT2D eigenvalue weighted by atomic mass is 9.67. The van der Waals surface area contributed by atoms with Crippen molar-refractivity contribution in [1.82, 2.24) is 4.90 Å². The van der Waals surface area contributed by atoms with Crippen molar-refractivity contribution < 1.29 is 19.4 Å². The average Bonchev–Trinajstić information content (AvgIpc) is 2.62. The molecule has 1 N–H and O–H groups in total. The van der Waals surface area contributed by atoms with Crippen LogP contribution in [0.2, 0.25) is 0 Å². The minimum Gasteiger partial charge on any atom is -0.465 e. The SMILES string of the molecule is CC1(C)OC[C@](C[C@H]2CCCOC2)(C(C)(C)C)N1C(=O)O. The van der Waals surface area contributed by atoms with Crippen LogP contribution in [-0.4, -0.2) is 47.2 Å². The van der Waals surface area contributed by atoms with E-state index in [9.17, 15) is 9.90 Å². The molecular weight excluding hydrogens is 270 g/mol. The molecule has 0 bridgehead atoms. The summed E-state index contributed by atoms with van der Waals surface area (Å²) in [5.74, 6) is 0.400. The van der Waals surface area contributed by atoms with Crippen molar-refractivity contribution in [2.45, 2.75) is 65.1 Å². The smallest absolute Gasteiger partial charge is 0.410 e. The third kappa shape index (κ3) is 2.90. The van der Waals surface area contributed by atoms with E-state index in [0.717, 1.165) is 32.5 Å². The summed E-state index contributed by atoms with van der Waals surface area (Å²) in [5, 5.41) is 9.79. The van der Waals surface area contributed by atoms with E-state index >= 15 is 0 Å². The molecule has 0 aromatic heterocycles. The van der Waals surface area contributed by atoms with Gasteiger partial charge in [-0.25, -0.2) is 4.79 Å². The van der Waals surface area contributed by atoms with E-state index in [1.807, 2.05) is 13.8 Å². The summed E-state index contributed by atoms with van der Waals surface area (Å²) in [6.45, 7) is 12.0. The minimum absolute atomic E-state index is 0.198. The van der Waals surface area contributed by atoms with Crippen LogP contribution >= 0.6 is 0 Å². The van der Waals surface area contributed by atoms with Crippen LogP contribution in [0.3, 0.4) is 0 Å². The number of nitrogens with zero attached hydrogens (tertiary/aromatic N) is 1. The number of carbonyl (C=O) groups is 1. The Balaban J connectivity index is 2.35. The molecule has 0 aromatic rings. The van der Waals surface area contributed by atoms with Gasteiger partial charge < -0.3 is 14.6 Å². The standard InChI is InChI=1S/C16H29NO4/c1-14(2,3)16(9-12-7-6-8-20-10-12)11-21-15(4,5)17(16)13(18)19/h12H,6-11H2,1-5H3,(H,18,19)/t12-,16-/m1/s1. The fourth-order valence-electron chi connectivity index (χ4n) is 3.81. The van der Waals surface area contributed by atoms with Crippen molar-refractivity contribution in [3.8, 4) is 0 Å². The topological polar surface area (TPSA) is 59.0 Å². The Bertz CT molecular complexity index is 396. The normalized spacial score (nSPS) is 33.2. The van der Waals surface area contributed by atoms with Crippen LogP contribution in [0.5, 0.6) is 0 Å². The van der Waals surface area contributed by atoms with Gasteiger partial charge in [0.25, 0.3) is 0 Å². The second kappa shape index (κ2) is 5.43. The van der Waals surface area contributed by atoms with Crippen LogP contribution < -0.4 is 0 Å². The summed E-state index contributed by atoms with van der Waals surface area (Å²) in [4.78, 5) is 13.5. The Kier molecular flexibility index (Phi) is 4.28. The highest BCUT2D eigenvalue weighted by Gasteiger charge is 2.60. The summed E-state index contributed by atoms with van der Waals surface area (Å²) in [5.41, 5.74) is -1.49. The maximum absolute atomic E-state index is 11.9. The monoisotopic (exact) mass is 299 g/mol. The maximum atomic E-state index is 11.9. The highest BCUT2D eigenvalue weighted by molar-refractivity contribution is 5.68. The van der Waals surface area contributed by atoms with E-state index in [2.05, 4.69) is 20.8 Å². The predicted molar refractivity (Wildman–Crippen MR) is 80.2 cm³/mol. The van der Waals surface area contributed by atoms with Gasteiger partial charge in [0, 0.05) is 13.2 Å². The van der Waals surface area contributed by atoms with Gasteiger partial charge in [-0.05, 0) is 44.4 Å². The molecule has 2 aliphatic rings. The molecule has 2 heterocycles. The van der Waals surface area contributed by atoms with Crippen molar-refractivity contribution >= 4 is 6.09 Å². The lowest BCUT2D eigenvalue weighted by Gasteiger charge is -2.50. The van der Waals surface area contributed by atoms with Crippen molar-refractivity contribution in [1.29, 1.82) is 0 Å². The van der Waals surface area contributed by atoms with Crippen LogP contribution in [0.1, 0.15) is 53.9 Å². The minimum atomic E-state index is -0.899. The summed E-state index contributed by atoms with van der Waals surface area (Å²) in [6.07, 6.45) is 2.06. The molecule has 0 saturated carbocycles. The molecule has 2 fully saturated rings. The van der Waals surface area contributed by atoms with Crippen LogP contribution in [0.15, 0.2) is 0 Å². The molecule has 1 amide bonds. The number of hydrogen-bond donors (Lipinski definition) is 1. The molecule has 2 atom stereocenters. The lowest BCUT2D eigenvalue weighted by molar-refractivity contribution is -0.0659. The fourth-order valence-corrected chi connectivity index (χ4v) is 3.81. The molecule has 21 heavy (non-hydrogen) atoms. The molecule has 5 heteroatoms. The first kappa shape index (κ1) is 16.6. The third-order valence-electron chi connectivity index (χ3n) is 5.10. The van der Waals surface area contributed by atoms with Crippen molar-refractivity contribution in [2.75, 3.05) is 19.8 Å². The first-order valence-corrected chi connectivity index (χ1v) is 7.85. The highest BCUT2D eigenvalue weighted by Crippen LogP contribution is 2.49. The van der Waals surface area contributed by atoms with Crippen molar-refractivity contribution in [3.63, 3.8) is 0 Å². The number of amides is 1. The number of hydrogen-bond acceptors (Lipinski definition) is 3. The first-order valence-electron chi connectivity index (χ1n) is 7.85. The van der Waals surface area contributed by atoms with Gasteiger partial charge in [0.2, 0.25) is 0 Å². The molecule has 2 aliphatic heterocycles. The van der Waals surface area contributed by atoms with Crippen molar-refractivity contribution in [3.05, 3.63) is 0 Å². The zero-order chi connectivity index (χ0) is 15.9. The summed E-state index contributed by atoms with van der Waals surface area (Å²) >= 11 is 0. The second-order valence-corrected chi connectivity index (χ2v) is 7.92. The van der Waals surface area contributed by atoms with Crippen LogP contribution in [0.4, 0.5) is 4.79 Å². The molecular formula is C16H29NO4. The average molecular weight is 299 g/mol. The summed E-state index contributed by atoms with van der Waals surface area (Å²) in [6, 6.07) is 0. The van der Waals surface area contributed by atoms with Crippen LogP contribution in [-0.2, 0) is 9.47 Å². The number of rotatable bonds is 2. The van der Waals surface area contributed by atoms with E-state index in [0.29, 0.717) is 12.5 Å². The molecule has 0 radical (unpaired) electrons. The van der Waals surface area contributed by atoms with E-state index in [1.165, 1.54) is 0 Å². The maximum Gasteiger partial charge on any atom is 0.410 e. The molecule has 0 spiro atoms. The second-order valence-electron chi connectivity index (χ2n) is 7.92. The lowest BCUT2D eigenvalue weighted by Crippen LogP contribution is -2.62. The van der Waals surface area contributed by atoms with Crippen molar-refractivity contribution in [2.24, 2.45) is 11.3 Å². The predicted octanol–water partition coefficient (Wildman–Crippen LogP) is 3.33. The molecule has 2 saturated heterocycles. The zero-order valence-electron chi connectivity index (χ0n) is 13.9. The summed E-state index contributed by atoms with van der Waals surface area (Å²) < 4.78 is 11.5. The number of carboxylic acid groups (broad SMARTS) is 1. The largest absolute Gasteiger partial charge is 0.465 e. The summed E-state index contributed by atoms with van der Waals surface area (Å²) in [7, 11) is 0. The van der Waals surface area contributed by atoms with Gasteiger partial charge in [-0.3, -0.25) is 4.90 Å². The molecule has 2 rings (SSSR count). The fraction of sp³-hybridized carbons (Fsp3) is 0.938. The molecule has 0 aliphatic carbocycles. The quantitative estimate of drug-likeness (QED) is 0.849.